The maximum atomic E-state index is 12.5. The third-order valence-corrected chi connectivity index (χ3v) is 4.17. The van der Waals surface area contributed by atoms with Crippen molar-refractivity contribution in [2.45, 2.75) is 33.7 Å². The van der Waals surface area contributed by atoms with Crippen molar-refractivity contribution in [2.75, 3.05) is 13.1 Å². The standard InChI is InChI=1S/C15H23N3O/c1-11(2)15(6-7-16-10-15)14(19)18-9-13-5-4-12(3)17-8-13/h4-5,8,11,16H,6-7,9-10H2,1-3H3,(H,18,19). The van der Waals surface area contributed by atoms with Gasteiger partial charge in [-0.2, -0.15) is 0 Å². The van der Waals surface area contributed by atoms with E-state index < -0.39 is 0 Å². The highest BCUT2D eigenvalue weighted by molar-refractivity contribution is 5.83. The van der Waals surface area contributed by atoms with E-state index in [0.29, 0.717) is 12.5 Å². The van der Waals surface area contributed by atoms with Crippen LogP contribution in [0.1, 0.15) is 31.5 Å². The predicted octanol–water partition coefficient (Wildman–Crippen LogP) is 1.64. The molecule has 4 nitrogen and oxygen atoms in total. The van der Waals surface area contributed by atoms with Crippen LogP contribution >= 0.6 is 0 Å². The molecule has 19 heavy (non-hydrogen) atoms. The van der Waals surface area contributed by atoms with Crippen molar-refractivity contribution in [1.29, 1.82) is 0 Å². The van der Waals surface area contributed by atoms with Crippen LogP contribution in [0.3, 0.4) is 0 Å². The molecule has 1 aliphatic heterocycles. The number of rotatable bonds is 4. The van der Waals surface area contributed by atoms with Gasteiger partial charge >= 0.3 is 0 Å². The summed E-state index contributed by atoms with van der Waals surface area (Å²) in [5, 5.41) is 6.37. The van der Waals surface area contributed by atoms with Crippen molar-refractivity contribution in [3.8, 4) is 0 Å². The van der Waals surface area contributed by atoms with Gasteiger partial charge in [0.2, 0.25) is 5.91 Å². The Morgan fingerprint density at radius 3 is 2.84 bits per heavy atom. The normalized spacial score (nSPS) is 22.7. The lowest BCUT2D eigenvalue weighted by molar-refractivity contribution is -0.132. The highest BCUT2D eigenvalue weighted by Crippen LogP contribution is 2.34. The predicted molar refractivity (Wildman–Crippen MR) is 75.6 cm³/mol. The van der Waals surface area contributed by atoms with E-state index >= 15 is 0 Å². The summed E-state index contributed by atoms with van der Waals surface area (Å²) in [6, 6.07) is 3.98. The number of pyridine rings is 1. The minimum atomic E-state index is -0.252. The molecule has 2 rings (SSSR count). The van der Waals surface area contributed by atoms with Crippen LogP contribution in [0.2, 0.25) is 0 Å². The molecule has 1 fully saturated rings. The lowest BCUT2D eigenvalue weighted by Crippen LogP contribution is -2.45. The van der Waals surface area contributed by atoms with E-state index in [1.165, 1.54) is 0 Å². The first-order valence-corrected chi connectivity index (χ1v) is 6.95. The van der Waals surface area contributed by atoms with Crippen molar-refractivity contribution >= 4 is 5.91 Å². The van der Waals surface area contributed by atoms with Gasteiger partial charge in [0.1, 0.15) is 0 Å². The molecule has 2 N–H and O–H groups in total. The number of hydrogen-bond donors (Lipinski definition) is 2. The van der Waals surface area contributed by atoms with E-state index in [9.17, 15) is 4.79 Å². The van der Waals surface area contributed by atoms with Gasteiger partial charge in [-0.25, -0.2) is 0 Å². The van der Waals surface area contributed by atoms with Crippen LogP contribution in [0.15, 0.2) is 18.3 Å². The van der Waals surface area contributed by atoms with Crippen molar-refractivity contribution < 1.29 is 4.79 Å². The first-order valence-electron chi connectivity index (χ1n) is 6.95. The number of carbonyl (C=O) groups excluding carboxylic acids is 1. The highest BCUT2D eigenvalue weighted by atomic mass is 16.2. The van der Waals surface area contributed by atoms with Crippen LogP contribution in [-0.2, 0) is 11.3 Å². The summed E-state index contributed by atoms with van der Waals surface area (Å²) in [5.74, 6) is 0.506. The third-order valence-electron chi connectivity index (χ3n) is 4.17. The molecule has 0 radical (unpaired) electrons. The van der Waals surface area contributed by atoms with Crippen molar-refractivity contribution in [1.82, 2.24) is 15.6 Å². The monoisotopic (exact) mass is 261 g/mol. The number of aromatic nitrogens is 1. The Bertz CT molecular complexity index is 433. The zero-order valence-corrected chi connectivity index (χ0v) is 12.0. The smallest absolute Gasteiger partial charge is 0.228 e. The second-order valence-electron chi connectivity index (χ2n) is 5.73. The molecule has 4 heteroatoms. The number of hydrogen-bond acceptors (Lipinski definition) is 3. The number of nitrogens with one attached hydrogen (secondary N) is 2. The molecule has 0 aromatic carbocycles. The average Bonchev–Trinajstić information content (AvgIpc) is 2.88. The fourth-order valence-electron chi connectivity index (χ4n) is 2.62. The van der Waals surface area contributed by atoms with Crippen LogP contribution in [0.4, 0.5) is 0 Å². The molecule has 1 aromatic rings. The summed E-state index contributed by atoms with van der Waals surface area (Å²) < 4.78 is 0. The summed E-state index contributed by atoms with van der Waals surface area (Å²) in [6.07, 6.45) is 2.74. The Hall–Kier alpha value is -1.42. The quantitative estimate of drug-likeness (QED) is 0.866. The Balaban J connectivity index is 1.98. The van der Waals surface area contributed by atoms with Crippen molar-refractivity contribution in [2.24, 2.45) is 11.3 Å². The highest BCUT2D eigenvalue weighted by Gasteiger charge is 2.43. The average molecular weight is 261 g/mol. The van der Waals surface area contributed by atoms with Gasteiger partial charge in [0.15, 0.2) is 0 Å². The number of aryl methyl sites for hydroxylation is 1. The third kappa shape index (κ3) is 2.95. The zero-order valence-electron chi connectivity index (χ0n) is 12.0. The Morgan fingerprint density at radius 2 is 2.32 bits per heavy atom. The second-order valence-corrected chi connectivity index (χ2v) is 5.73. The maximum Gasteiger partial charge on any atom is 0.228 e. The molecule has 1 atom stereocenters. The summed E-state index contributed by atoms with van der Waals surface area (Å²) >= 11 is 0. The number of carbonyl (C=O) groups is 1. The molecular formula is C15H23N3O. The molecule has 1 aromatic heterocycles. The first-order chi connectivity index (χ1) is 9.04. The molecule has 1 saturated heterocycles. The van der Waals surface area contributed by atoms with Gasteiger partial charge in [-0.3, -0.25) is 9.78 Å². The molecule has 0 bridgehead atoms. The topological polar surface area (TPSA) is 54.0 Å². The van der Waals surface area contributed by atoms with E-state index in [4.69, 9.17) is 0 Å². The lowest BCUT2D eigenvalue weighted by Gasteiger charge is -2.31. The van der Waals surface area contributed by atoms with Crippen LogP contribution in [0.5, 0.6) is 0 Å². The molecule has 0 aliphatic carbocycles. The number of nitrogens with zero attached hydrogens (tertiary/aromatic N) is 1. The molecule has 1 amide bonds. The van der Waals surface area contributed by atoms with Crippen molar-refractivity contribution in [3.05, 3.63) is 29.6 Å². The fraction of sp³-hybridized carbons (Fsp3) is 0.600. The van der Waals surface area contributed by atoms with E-state index in [2.05, 4.69) is 29.5 Å². The SMILES string of the molecule is Cc1ccc(CNC(=O)C2(C(C)C)CCNC2)cn1. The lowest BCUT2D eigenvalue weighted by atomic mass is 9.75. The molecule has 1 aliphatic rings. The van der Waals surface area contributed by atoms with Gasteiger partial charge < -0.3 is 10.6 Å². The van der Waals surface area contributed by atoms with Gasteiger partial charge in [-0.15, -0.1) is 0 Å². The van der Waals surface area contributed by atoms with Gasteiger partial charge in [0, 0.05) is 25.0 Å². The summed E-state index contributed by atoms with van der Waals surface area (Å²) in [5.41, 5.74) is 1.79. The van der Waals surface area contributed by atoms with Gasteiger partial charge in [-0.05, 0) is 37.4 Å². The van der Waals surface area contributed by atoms with Crippen LogP contribution in [-0.4, -0.2) is 24.0 Å². The second kappa shape index (κ2) is 5.70. The van der Waals surface area contributed by atoms with E-state index in [1.54, 1.807) is 0 Å². The molecule has 2 heterocycles. The van der Waals surface area contributed by atoms with Crippen LogP contribution in [0, 0.1) is 18.3 Å². The van der Waals surface area contributed by atoms with E-state index in [1.807, 2.05) is 25.3 Å². The van der Waals surface area contributed by atoms with Crippen LogP contribution < -0.4 is 10.6 Å². The largest absolute Gasteiger partial charge is 0.351 e. The van der Waals surface area contributed by atoms with E-state index in [0.717, 1.165) is 30.8 Å². The first kappa shape index (κ1) is 14.0. The summed E-state index contributed by atoms with van der Waals surface area (Å²) in [7, 11) is 0. The Labute approximate surface area is 115 Å². The summed E-state index contributed by atoms with van der Waals surface area (Å²) in [4.78, 5) is 16.7. The molecule has 1 unspecified atom stereocenters. The molecule has 104 valence electrons. The fourth-order valence-corrected chi connectivity index (χ4v) is 2.62. The minimum Gasteiger partial charge on any atom is -0.351 e. The molecule has 0 spiro atoms. The molecular weight excluding hydrogens is 238 g/mol. The van der Waals surface area contributed by atoms with Gasteiger partial charge in [-0.1, -0.05) is 19.9 Å². The number of amides is 1. The van der Waals surface area contributed by atoms with Gasteiger partial charge in [0.25, 0.3) is 0 Å². The van der Waals surface area contributed by atoms with Crippen LogP contribution in [0.25, 0.3) is 0 Å². The zero-order chi connectivity index (χ0) is 13.9. The van der Waals surface area contributed by atoms with Crippen molar-refractivity contribution in [3.63, 3.8) is 0 Å². The Morgan fingerprint density at radius 1 is 1.53 bits per heavy atom. The molecule has 0 saturated carbocycles. The van der Waals surface area contributed by atoms with Gasteiger partial charge in [0.05, 0.1) is 5.41 Å². The summed E-state index contributed by atoms with van der Waals surface area (Å²) in [6.45, 7) is 8.47. The Kier molecular flexibility index (Phi) is 4.20. The van der Waals surface area contributed by atoms with E-state index in [-0.39, 0.29) is 11.3 Å². The maximum absolute atomic E-state index is 12.5. The minimum absolute atomic E-state index is 0.160.